The largest absolute Gasteiger partial charge is 0.497 e. The number of ether oxygens (including phenoxy) is 3. The summed E-state index contributed by atoms with van der Waals surface area (Å²) in [4.78, 5) is 12.3. The Balaban J connectivity index is 1.82. The Morgan fingerprint density at radius 2 is 1.94 bits per heavy atom. The second-order valence-corrected chi connectivity index (χ2v) is 9.15. The van der Waals surface area contributed by atoms with Crippen LogP contribution in [-0.4, -0.2) is 43.1 Å². The zero-order chi connectivity index (χ0) is 22.9. The molecule has 0 amide bonds. The van der Waals surface area contributed by atoms with Crippen molar-refractivity contribution in [2.75, 3.05) is 27.4 Å². The SMILES string of the molecule is COC(=O)c1ccc2c(C3CCCCC3)c3n(c2c1)CC(CO)COc1cc(OC)ccc1-3. The fourth-order valence-electron chi connectivity index (χ4n) is 5.48. The molecule has 1 saturated carbocycles. The third kappa shape index (κ3) is 3.86. The molecular formula is C27H31NO5. The monoisotopic (exact) mass is 449 g/mol. The number of hydrogen-bond donors (Lipinski definition) is 1. The van der Waals surface area contributed by atoms with Crippen molar-refractivity contribution >= 4 is 16.9 Å². The summed E-state index contributed by atoms with van der Waals surface area (Å²) in [5.41, 5.74) is 5.04. The minimum atomic E-state index is -0.343. The highest BCUT2D eigenvalue weighted by atomic mass is 16.5. The number of fused-ring (bicyclic) bond motifs is 5. The molecule has 0 bridgehead atoms. The van der Waals surface area contributed by atoms with Crippen molar-refractivity contribution in [3.05, 3.63) is 47.5 Å². The highest BCUT2D eigenvalue weighted by molar-refractivity contribution is 5.99. The minimum Gasteiger partial charge on any atom is -0.497 e. The standard InChI is InChI=1S/C27H31NO5/c1-31-20-9-11-22-24(13-20)33-16-17(15-29)14-28-23-12-19(27(30)32-2)8-10-21(23)25(26(22)28)18-6-4-3-5-7-18/h8-13,17-18,29H,3-7,14-16H2,1-2H3. The molecule has 3 aromatic rings. The van der Waals surface area contributed by atoms with E-state index < -0.39 is 0 Å². The van der Waals surface area contributed by atoms with Gasteiger partial charge < -0.3 is 23.9 Å². The summed E-state index contributed by atoms with van der Waals surface area (Å²) < 4.78 is 19.0. The molecule has 1 aliphatic heterocycles. The number of esters is 1. The lowest BCUT2D eigenvalue weighted by molar-refractivity contribution is 0.0601. The number of aliphatic hydroxyl groups excluding tert-OH is 1. The molecule has 5 rings (SSSR count). The summed E-state index contributed by atoms with van der Waals surface area (Å²) in [6, 6.07) is 11.9. The molecule has 0 spiro atoms. The Bertz CT molecular complexity index is 1170. The Hall–Kier alpha value is -2.99. The van der Waals surface area contributed by atoms with Crippen molar-refractivity contribution in [2.24, 2.45) is 5.92 Å². The van der Waals surface area contributed by atoms with Crippen LogP contribution in [0.2, 0.25) is 0 Å². The first-order valence-corrected chi connectivity index (χ1v) is 11.8. The Morgan fingerprint density at radius 1 is 1.12 bits per heavy atom. The number of carbonyl (C=O) groups is 1. The van der Waals surface area contributed by atoms with Gasteiger partial charge in [0.2, 0.25) is 0 Å². The van der Waals surface area contributed by atoms with Crippen LogP contribution in [0.25, 0.3) is 22.2 Å². The van der Waals surface area contributed by atoms with Crippen LogP contribution in [0.5, 0.6) is 11.5 Å². The molecule has 1 aromatic heterocycles. The molecular weight excluding hydrogens is 418 g/mol. The van der Waals surface area contributed by atoms with Gasteiger partial charge in [0.15, 0.2) is 0 Å². The number of hydrogen-bond acceptors (Lipinski definition) is 5. The maximum absolute atomic E-state index is 12.3. The van der Waals surface area contributed by atoms with Crippen molar-refractivity contribution < 1.29 is 24.1 Å². The number of aromatic nitrogens is 1. The molecule has 2 aliphatic rings. The van der Waals surface area contributed by atoms with Gasteiger partial charge in [0.25, 0.3) is 0 Å². The van der Waals surface area contributed by atoms with E-state index in [-0.39, 0.29) is 18.5 Å². The third-order valence-corrected chi connectivity index (χ3v) is 7.16. The van der Waals surface area contributed by atoms with Crippen LogP contribution < -0.4 is 9.47 Å². The molecule has 1 N–H and O–H groups in total. The first-order chi connectivity index (χ1) is 16.1. The van der Waals surface area contributed by atoms with Gasteiger partial charge in [-0.15, -0.1) is 0 Å². The molecule has 6 heteroatoms. The van der Waals surface area contributed by atoms with Crippen LogP contribution in [0.15, 0.2) is 36.4 Å². The van der Waals surface area contributed by atoms with Crippen LogP contribution in [-0.2, 0) is 11.3 Å². The normalized spacial score (nSPS) is 18.6. The van der Waals surface area contributed by atoms with Crippen molar-refractivity contribution in [1.82, 2.24) is 4.57 Å². The van der Waals surface area contributed by atoms with Crippen LogP contribution in [0, 0.1) is 5.92 Å². The van der Waals surface area contributed by atoms with E-state index in [9.17, 15) is 9.90 Å². The average molecular weight is 450 g/mol. The Labute approximate surface area is 194 Å². The van der Waals surface area contributed by atoms with Gasteiger partial charge >= 0.3 is 5.97 Å². The van der Waals surface area contributed by atoms with Crippen LogP contribution >= 0.6 is 0 Å². The summed E-state index contributed by atoms with van der Waals surface area (Å²) in [6.07, 6.45) is 6.03. The number of benzene rings is 2. The molecule has 1 fully saturated rings. The number of methoxy groups -OCH3 is 2. The average Bonchev–Trinajstić information content (AvgIpc) is 3.17. The van der Waals surface area contributed by atoms with Crippen LogP contribution in [0.4, 0.5) is 0 Å². The van der Waals surface area contributed by atoms with Gasteiger partial charge in [0, 0.05) is 35.0 Å². The van der Waals surface area contributed by atoms with Crippen LogP contribution in [0.3, 0.4) is 0 Å². The molecule has 174 valence electrons. The fraction of sp³-hybridized carbons (Fsp3) is 0.444. The Morgan fingerprint density at radius 3 is 2.67 bits per heavy atom. The van der Waals surface area contributed by atoms with Gasteiger partial charge in [0.05, 0.1) is 38.7 Å². The lowest BCUT2D eigenvalue weighted by Gasteiger charge is -2.27. The van der Waals surface area contributed by atoms with Gasteiger partial charge in [-0.25, -0.2) is 4.79 Å². The molecule has 1 aliphatic carbocycles. The summed E-state index contributed by atoms with van der Waals surface area (Å²) in [6.45, 7) is 1.05. The molecule has 2 heterocycles. The number of carbonyl (C=O) groups excluding carboxylic acids is 1. The maximum Gasteiger partial charge on any atom is 0.337 e. The molecule has 1 atom stereocenters. The van der Waals surface area contributed by atoms with Crippen LogP contribution in [0.1, 0.15) is 53.9 Å². The lowest BCUT2D eigenvalue weighted by Crippen LogP contribution is -2.24. The predicted molar refractivity (Wildman–Crippen MR) is 127 cm³/mol. The maximum atomic E-state index is 12.3. The molecule has 6 nitrogen and oxygen atoms in total. The highest BCUT2D eigenvalue weighted by Crippen LogP contribution is 2.47. The van der Waals surface area contributed by atoms with E-state index in [1.807, 2.05) is 24.3 Å². The smallest absolute Gasteiger partial charge is 0.337 e. The zero-order valence-electron chi connectivity index (χ0n) is 19.3. The van der Waals surface area contributed by atoms with Crippen molar-refractivity contribution in [3.63, 3.8) is 0 Å². The highest BCUT2D eigenvalue weighted by Gasteiger charge is 2.31. The van der Waals surface area contributed by atoms with E-state index >= 15 is 0 Å². The van der Waals surface area contributed by atoms with E-state index in [0.29, 0.717) is 24.6 Å². The van der Waals surface area contributed by atoms with E-state index in [1.165, 1.54) is 37.3 Å². The van der Waals surface area contributed by atoms with Gasteiger partial charge in [-0.05, 0) is 48.6 Å². The number of rotatable bonds is 4. The van der Waals surface area contributed by atoms with E-state index in [4.69, 9.17) is 14.2 Å². The molecule has 0 radical (unpaired) electrons. The van der Waals surface area contributed by atoms with E-state index in [2.05, 4.69) is 16.7 Å². The second-order valence-electron chi connectivity index (χ2n) is 9.15. The van der Waals surface area contributed by atoms with Gasteiger partial charge in [-0.2, -0.15) is 0 Å². The second kappa shape index (κ2) is 9.10. The van der Waals surface area contributed by atoms with Crippen molar-refractivity contribution in [3.8, 4) is 22.8 Å². The lowest BCUT2D eigenvalue weighted by atomic mass is 9.81. The third-order valence-electron chi connectivity index (χ3n) is 7.16. The first-order valence-electron chi connectivity index (χ1n) is 11.8. The first kappa shape index (κ1) is 21.8. The fourth-order valence-corrected chi connectivity index (χ4v) is 5.48. The van der Waals surface area contributed by atoms with Gasteiger partial charge in [-0.3, -0.25) is 0 Å². The van der Waals surface area contributed by atoms with E-state index in [1.54, 1.807) is 7.11 Å². The van der Waals surface area contributed by atoms with Crippen molar-refractivity contribution in [1.29, 1.82) is 0 Å². The summed E-state index contributed by atoms with van der Waals surface area (Å²) in [5, 5.41) is 11.3. The summed E-state index contributed by atoms with van der Waals surface area (Å²) >= 11 is 0. The summed E-state index contributed by atoms with van der Waals surface area (Å²) in [7, 11) is 3.06. The van der Waals surface area contributed by atoms with E-state index in [0.717, 1.165) is 41.1 Å². The minimum absolute atomic E-state index is 0.0217. The number of aliphatic hydroxyl groups is 1. The molecule has 33 heavy (non-hydrogen) atoms. The zero-order valence-corrected chi connectivity index (χ0v) is 19.3. The van der Waals surface area contributed by atoms with Gasteiger partial charge in [-0.1, -0.05) is 25.3 Å². The number of nitrogens with zero attached hydrogens (tertiary/aromatic N) is 1. The quantitative estimate of drug-likeness (QED) is 0.558. The predicted octanol–water partition coefficient (Wildman–Crippen LogP) is 5.15. The topological polar surface area (TPSA) is 69.9 Å². The Kier molecular flexibility index (Phi) is 6.02. The van der Waals surface area contributed by atoms with Crippen molar-refractivity contribution in [2.45, 2.75) is 44.6 Å². The molecule has 0 saturated heterocycles. The molecule has 2 aromatic carbocycles. The molecule has 1 unspecified atom stereocenters. The summed E-state index contributed by atoms with van der Waals surface area (Å²) in [5.74, 6) is 1.54. The van der Waals surface area contributed by atoms with Gasteiger partial charge in [0.1, 0.15) is 11.5 Å².